The van der Waals surface area contributed by atoms with Crippen LogP contribution < -0.4 is 5.56 Å². The summed E-state index contributed by atoms with van der Waals surface area (Å²) in [4.78, 5) is 30.3. The molecule has 2 aromatic heterocycles. The van der Waals surface area contributed by atoms with E-state index in [4.69, 9.17) is 0 Å². The zero-order valence-electron chi connectivity index (χ0n) is 14.8. The number of aromatic amines is 1. The number of amides is 1. The van der Waals surface area contributed by atoms with Gasteiger partial charge in [-0.05, 0) is 30.2 Å². The summed E-state index contributed by atoms with van der Waals surface area (Å²) in [5, 5.41) is 6.42. The number of nitrogens with zero attached hydrogens (tertiary/aromatic N) is 4. The molecule has 7 nitrogen and oxygen atoms in total. The van der Waals surface area contributed by atoms with E-state index in [1.807, 2.05) is 0 Å². The third kappa shape index (κ3) is 2.79. The van der Waals surface area contributed by atoms with Crippen LogP contribution in [0, 0.1) is 12.7 Å². The van der Waals surface area contributed by atoms with Crippen molar-refractivity contribution in [3.05, 3.63) is 57.5 Å². The smallest absolute Gasteiger partial charge is 0.281 e. The fraction of sp³-hybridized carbons (Fsp3) is 0.333. The van der Waals surface area contributed by atoms with Crippen molar-refractivity contribution in [1.82, 2.24) is 24.6 Å². The van der Waals surface area contributed by atoms with Crippen LogP contribution in [-0.4, -0.2) is 43.6 Å². The fourth-order valence-electron chi connectivity index (χ4n) is 3.46. The van der Waals surface area contributed by atoms with Gasteiger partial charge < -0.3 is 9.47 Å². The number of alkyl halides is 1. The van der Waals surface area contributed by atoms with Crippen LogP contribution in [0.25, 0.3) is 11.0 Å². The molecule has 3 heterocycles. The molecule has 0 saturated carbocycles. The Morgan fingerprint density at radius 3 is 2.81 bits per heavy atom. The monoisotopic (exact) mass is 373 g/mol. The number of fused-ring (bicyclic) bond motifs is 1. The van der Waals surface area contributed by atoms with Crippen LogP contribution in [0.5, 0.6) is 0 Å². The van der Waals surface area contributed by atoms with E-state index in [-0.39, 0.29) is 47.4 Å². The summed E-state index contributed by atoms with van der Waals surface area (Å²) in [6.45, 7) is 1.65. The van der Waals surface area contributed by atoms with E-state index in [2.05, 4.69) is 15.2 Å². The minimum atomic E-state index is -1.83. The molecule has 0 spiro atoms. The first-order valence-corrected chi connectivity index (χ1v) is 8.44. The van der Waals surface area contributed by atoms with Crippen molar-refractivity contribution in [2.75, 3.05) is 13.1 Å². The lowest BCUT2D eigenvalue weighted by molar-refractivity contribution is 0.0746. The van der Waals surface area contributed by atoms with Gasteiger partial charge in [-0.2, -0.15) is 5.10 Å². The van der Waals surface area contributed by atoms with Crippen LogP contribution in [0.4, 0.5) is 8.78 Å². The first-order valence-electron chi connectivity index (χ1n) is 8.44. The highest BCUT2D eigenvalue weighted by Crippen LogP contribution is 2.37. The molecule has 1 N–H and O–H groups in total. The van der Waals surface area contributed by atoms with Gasteiger partial charge in [-0.25, -0.2) is 13.8 Å². The van der Waals surface area contributed by atoms with Crippen LogP contribution in [0.3, 0.4) is 0 Å². The summed E-state index contributed by atoms with van der Waals surface area (Å²) >= 11 is 0. The minimum absolute atomic E-state index is 0.0439. The molecule has 3 aromatic rings. The molecule has 1 aliphatic rings. The molecule has 4 rings (SSSR count). The van der Waals surface area contributed by atoms with E-state index in [0.29, 0.717) is 5.56 Å². The molecular formula is C18H17F2N5O2. The molecule has 1 aliphatic heterocycles. The number of carbonyl (C=O) groups is 1. The molecule has 1 saturated heterocycles. The first-order chi connectivity index (χ1) is 12.8. The van der Waals surface area contributed by atoms with Crippen LogP contribution in [-0.2, 0) is 12.7 Å². The van der Waals surface area contributed by atoms with Gasteiger partial charge in [-0.3, -0.25) is 14.7 Å². The summed E-state index contributed by atoms with van der Waals surface area (Å²) in [6.07, 6.45) is 1.36. The normalized spacial score (nSPS) is 19.8. The Labute approximate surface area is 152 Å². The maximum atomic E-state index is 15.4. The van der Waals surface area contributed by atoms with Crippen LogP contribution in [0.1, 0.15) is 28.0 Å². The number of halogens is 2. The maximum absolute atomic E-state index is 15.4. The lowest BCUT2D eigenvalue weighted by Crippen LogP contribution is -2.32. The lowest BCUT2D eigenvalue weighted by Gasteiger charge is -2.21. The quantitative estimate of drug-likeness (QED) is 0.743. The van der Waals surface area contributed by atoms with Crippen molar-refractivity contribution in [2.45, 2.75) is 19.0 Å². The van der Waals surface area contributed by atoms with Crippen LogP contribution in [0.2, 0.25) is 0 Å². The van der Waals surface area contributed by atoms with Crippen molar-refractivity contribution in [2.24, 2.45) is 7.05 Å². The first kappa shape index (κ1) is 17.3. The second kappa shape index (κ2) is 5.97. The Morgan fingerprint density at radius 1 is 1.30 bits per heavy atom. The highest BCUT2D eigenvalue weighted by Gasteiger charge is 2.43. The molecule has 1 amide bonds. The molecule has 9 heteroatoms. The Bertz CT molecular complexity index is 1100. The Kier molecular flexibility index (Phi) is 3.83. The molecule has 1 aromatic carbocycles. The topological polar surface area (TPSA) is 83.9 Å². The van der Waals surface area contributed by atoms with Crippen molar-refractivity contribution in [1.29, 1.82) is 0 Å². The summed E-state index contributed by atoms with van der Waals surface area (Å²) in [5.74, 6) is -1.00. The van der Waals surface area contributed by atoms with Crippen molar-refractivity contribution < 1.29 is 13.6 Å². The second-order valence-electron chi connectivity index (χ2n) is 6.92. The number of carbonyl (C=O) groups excluding carboxylic acids is 1. The van der Waals surface area contributed by atoms with Crippen molar-refractivity contribution in [3.63, 3.8) is 0 Å². The molecule has 1 fully saturated rings. The van der Waals surface area contributed by atoms with Crippen LogP contribution in [0.15, 0.2) is 29.3 Å². The molecular weight excluding hydrogens is 356 g/mol. The number of aromatic nitrogens is 4. The highest BCUT2D eigenvalue weighted by molar-refractivity contribution is 6.03. The summed E-state index contributed by atoms with van der Waals surface area (Å²) in [6, 6.07) is 4.08. The van der Waals surface area contributed by atoms with Gasteiger partial charge in [0.2, 0.25) is 0 Å². The van der Waals surface area contributed by atoms with Gasteiger partial charge in [-0.15, -0.1) is 0 Å². The predicted octanol–water partition coefficient (Wildman–Crippen LogP) is 1.82. The average Bonchev–Trinajstić information content (AvgIpc) is 3.22. The van der Waals surface area contributed by atoms with Gasteiger partial charge in [0, 0.05) is 20.0 Å². The molecule has 1 unspecified atom stereocenters. The Balaban J connectivity index is 1.65. The van der Waals surface area contributed by atoms with Gasteiger partial charge in [-0.1, -0.05) is 6.07 Å². The van der Waals surface area contributed by atoms with E-state index in [9.17, 15) is 14.0 Å². The largest absolute Gasteiger partial charge is 0.334 e. The predicted molar refractivity (Wildman–Crippen MR) is 93.6 cm³/mol. The van der Waals surface area contributed by atoms with E-state index in [1.165, 1.54) is 28.9 Å². The van der Waals surface area contributed by atoms with E-state index >= 15 is 4.39 Å². The summed E-state index contributed by atoms with van der Waals surface area (Å²) in [5.41, 5.74) is -1.13. The number of benzene rings is 1. The SMILES string of the molecule is Cc1cc(F)cc(C2(F)CCN(C(=O)c3[nH]nc4c(=O)n(C)cnc34)C2)c1. The number of rotatable bonds is 2. The van der Waals surface area contributed by atoms with Crippen LogP contribution >= 0.6 is 0 Å². The molecule has 0 aliphatic carbocycles. The third-order valence-corrected chi connectivity index (χ3v) is 4.90. The highest BCUT2D eigenvalue weighted by atomic mass is 19.1. The van der Waals surface area contributed by atoms with Gasteiger partial charge >= 0.3 is 0 Å². The Morgan fingerprint density at radius 2 is 2.07 bits per heavy atom. The molecule has 1 atom stereocenters. The zero-order valence-corrected chi connectivity index (χ0v) is 14.8. The van der Waals surface area contributed by atoms with Gasteiger partial charge in [0.1, 0.15) is 17.0 Å². The zero-order chi connectivity index (χ0) is 19.3. The lowest BCUT2D eigenvalue weighted by atomic mass is 9.93. The molecule has 0 bridgehead atoms. The second-order valence-corrected chi connectivity index (χ2v) is 6.92. The van der Waals surface area contributed by atoms with Crippen molar-refractivity contribution >= 4 is 16.9 Å². The van der Waals surface area contributed by atoms with Gasteiger partial charge in [0.25, 0.3) is 11.5 Å². The average molecular weight is 373 g/mol. The number of likely N-dealkylation sites (tertiary alicyclic amines) is 1. The van der Waals surface area contributed by atoms with E-state index < -0.39 is 17.4 Å². The molecule has 0 radical (unpaired) electrons. The molecule has 140 valence electrons. The summed E-state index contributed by atoms with van der Waals surface area (Å²) in [7, 11) is 1.53. The summed E-state index contributed by atoms with van der Waals surface area (Å²) < 4.78 is 30.4. The van der Waals surface area contributed by atoms with E-state index in [1.54, 1.807) is 13.0 Å². The minimum Gasteiger partial charge on any atom is -0.334 e. The maximum Gasteiger partial charge on any atom is 0.281 e. The number of hydrogen-bond acceptors (Lipinski definition) is 4. The van der Waals surface area contributed by atoms with Gasteiger partial charge in [0.15, 0.2) is 11.2 Å². The standard InChI is InChI=1S/C18H17F2N5O2/c1-10-5-11(7-12(19)6-10)18(20)3-4-25(8-18)17(27)15-13-14(22-23-15)16(26)24(2)9-21-13/h5-7,9H,3-4,8H2,1-2H3,(H,22,23). The number of hydrogen-bond donors (Lipinski definition) is 1. The number of nitrogens with one attached hydrogen (secondary N) is 1. The third-order valence-electron chi connectivity index (χ3n) is 4.90. The van der Waals surface area contributed by atoms with E-state index in [0.717, 1.165) is 6.07 Å². The van der Waals surface area contributed by atoms with Crippen molar-refractivity contribution in [3.8, 4) is 0 Å². The number of H-pyrrole nitrogens is 1. The van der Waals surface area contributed by atoms with Gasteiger partial charge in [0.05, 0.1) is 12.9 Å². The Hall–Kier alpha value is -3.10. The number of aryl methyl sites for hydroxylation is 2. The fourth-order valence-corrected chi connectivity index (χ4v) is 3.46. The molecule has 27 heavy (non-hydrogen) atoms.